The van der Waals surface area contributed by atoms with E-state index < -0.39 is 31.1 Å². The normalized spacial score (nSPS) is 26.4. The average Bonchev–Trinajstić information content (AvgIpc) is 3.15. The third kappa shape index (κ3) is 2.47. The minimum absolute atomic E-state index is 0.392. The molecule has 1 aliphatic rings. The second kappa shape index (κ2) is 6.08. The molecule has 8 nitrogen and oxygen atoms in total. The van der Waals surface area contributed by atoms with Gasteiger partial charge in [0, 0.05) is 29.8 Å². The summed E-state index contributed by atoms with van der Waals surface area (Å²) in [7, 11) is 0. The van der Waals surface area contributed by atoms with Crippen LogP contribution in [-0.4, -0.2) is 54.8 Å². The van der Waals surface area contributed by atoms with Gasteiger partial charge in [-0.1, -0.05) is 6.07 Å². The van der Waals surface area contributed by atoms with Crippen molar-refractivity contribution in [1.82, 2.24) is 14.5 Å². The number of nitrogen functional groups attached to an aromatic ring is 1. The fraction of sp³-hybridized carbons (Fsp3) is 0.294. The van der Waals surface area contributed by atoms with Gasteiger partial charge in [0.25, 0.3) is 0 Å². The molecule has 4 rings (SSSR count). The largest absolute Gasteiger partial charge is 0.398 e. The number of pyridine rings is 2. The van der Waals surface area contributed by atoms with Gasteiger partial charge in [0.2, 0.25) is 0 Å². The number of nitrogens with two attached hydrogens (primary N) is 1. The summed E-state index contributed by atoms with van der Waals surface area (Å²) in [5.74, 6) is 0. The molecule has 8 heteroatoms. The lowest BCUT2D eigenvalue weighted by Gasteiger charge is -2.17. The summed E-state index contributed by atoms with van der Waals surface area (Å²) in [6.45, 7) is -0.392. The fourth-order valence-corrected chi connectivity index (χ4v) is 3.22. The minimum atomic E-state index is -1.20. The van der Waals surface area contributed by atoms with Crippen molar-refractivity contribution in [3.63, 3.8) is 0 Å². The molecular weight excluding hydrogens is 324 g/mol. The van der Waals surface area contributed by atoms with E-state index in [0.29, 0.717) is 22.4 Å². The average molecular weight is 342 g/mol. The molecule has 0 aromatic carbocycles. The smallest absolute Gasteiger partial charge is 0.164 e. The molecule has 25 heavy (non-hydrogen) atoms. The van der Waals surface area contributed by atoms with Crippen LogP contribution in [0.4, 0.5) is 5.69 Å². The van der Waals surface area contributed by atoms with E-state index in [0.717, 1.165) is 5.56 Å². The second-order valence-electron chi connectivity index (χ2n) is 5.99. The number of ether oxygens (including phenoxy) is 1. The number of anilines is 1. The molecule has 130 valence electrons. The Hall–Kier alpha value is -2.52. The van der Waals surface area contributed by atoms with Gasteiger partial charge in [-0.05, 0) is 18.2 Å². The Kier molecular flexibility index (Phi) is 3.89. The third-order valence-corrected chi connectivity index (χ3v) is 4.48. The molecule has 0 bridgehead atoms. The summed E-state index contributed by atoms with van der Waals surface area (Å²) in [6, 6.07) is 7.22. The Morgan fingerprint density at radius 3 is 2.64 bits per heavy atom. The van der Waals surface area contributed by atoms with E-state index in [2.05, 4.69) is 9.97 Å². The van der Waals surface area contributed by atoms with Crippen molar-refractivity contribution in [2.45, 2.75) is 24.5 Å². The number of fused-ring (bicyclic) bond motifs is 1. The standard InChI is InChI=1S/C17H18N4O4/c18-10-4-6-20-16-13(10)9(11-3-1-2-5-19-11)7-21(16)17-15(24)14(23)12(8-22)25-17/h1-7,12,14-15,17,22-24H,8H2,(H2,18,20)/t12-,14-,15-,17-/m1/s1. The number of rotatable bonds is 3. The Morgan fingerprint density at radius 1 is 1.12 bits per heavy atom. The van der Waals surface area contributed by atoms with E-state index in [1.54, 1.807) is 29.2 Å². The van der Waals surface area contributed by atoms with Crippen LogP contribution in [0.1, 0.15) is 6.23 Å². The van der Waals surface area contributed by atoms with Crippen LogP contribution in [0.2, 0.25) is 0 Å². The summed E-state index contributed by atoms with van der Waals surface area (Å²) < 4.78 is 7.25. The van der Waals surface area contributed by atoms with E-state index in [4.69, 9.17) is 10.5 Å². The molecule has 3 aromatic heterocycles. The fourth-order valence-electron chi connectivity index (χ4n) is 3.22. The molecule has 1 fully saturated rings. The Morgan fingerprint density at radius 2 is 1.96 bits per heavy atom. The number of aliphatic hydroxyl groups excluding tert-OH is 3. The summed E-state index contributed by atoms with van der Waals surface area (Å²) in [5, 5.41) is 30.4. The zero-order valence-corrected chi connectivity index (χ0v) is 13.2. The first-order valence-corrected chi connectivity index (χ1v) is 7.90. The van der Waals surface area contributed by atoms with Crippen LogP contribution in [0.3, 0.4) is 0 Å². The SMILES string of the molecule is Nc1ccnc2c1c(-c1ccccn1)cn2[C@@H]1O[C@H](CO)[C@@H](O)[C@H]1O. The molecule has 4 heterocycles. The first kappa shape index (κ1) is 16.0. The van der Waals surface area contributed by atoms with Crippen LogP contribution in [0, 0.1) is 0 Å². The zero-order chi connectivity index (χ0) is 17.6. The molecule has 1 saturated heterocycles. The van der Waals surface area contributed by atoms with Crippen molar-refractivity contribution in [2.75, 3.05) is 12.3 Å². The lowest BCUT2D eigenvalue weighted by molar-refractivity contribution is -0.0508. The summed E-state index contributed by atoms with van der Waals surface area (Å²) >= 11 is 0. The molecule has 0 aliphatic carbocycles. The summed E-state index contributed by atoms with van der Waals surface area (Å²) in [6.07, 6.45) is 0.851. The molecule has 0 saturated carbocycles. The molecule has 0 unspecified atom stereocenters. The van der Waals surface area contributed by atoms with Gasteiger partial charge in [-0.25, -0.2) is 4.98 Å². The number of aliphatic hydroxyl groups is 3. The van der Waals surface area contributed by atoms with Crippen LogP contribution in [-0.2, 0) is 4.74 Å². The van der Waals surface area contributed by atoms with Crippen LogP contribution in [0.25, 0.3) is 22.3 Å². The molecule has 0 radical (unpaired) electrons. The summed E-state index contributed by atoms with van der Waals surface area (Å²) in [4.78, 5) is 8.72. The maximum atomic E-state index is 10.3. The van der Waals surface area contributed by atoms with Crippen molar-refractivity contribution < 1.29 is 20.1 Å². The van der Waals surface area contributed by atoms with E-state index in [1.807, 2.05) is 18.2 Å². The molecule has 0 amide bonds. The molecule has 5 N–H and O–H groups in total. The lowest BCUT2D eigenvalue weighted by Crippen LogP contribution is -2.33. The lowest BCUT2D eigenvalue weighted by atomic mass is 10.1. The van der Waals surface area contributed by atoms with Crippen LogP contribution >= 0.6 is 0 Å². The van der Waals surface area contributed by atoms with Crippen LogP contribution in [0.5, 0.6) is 0 Å². The first-order valence-electron chi connectivity index (χ1n) is 7.90. The zero-order valence-electron chi connectivity index (χ0n) is 13.2. The Bertz CT molecular complexity index is 898. The number of nitrogens with zero attached hydrogens (tertiary/aromatic N) is 3. The highest BCUT2D eigenvalue weighted by Crippen LogP contribution is 2.38. The van der Waals surface area contributed by atoms with Crippen molar-refractivity contribution in [3.8, 4) is 11.3 Å². The topological polar surface area (TPSA) is 127 Å². The predicted octanol–water partition coefficient (Wildman–Crippen LogP) is 0.292. The number of aromatic nitrogens is 3. The third-order valence-electron chi connectivity index (χ3n) is 4.48. The maximum Gasteiger partial charge on any atom is 0.164 e. The van der Waals surface area contributed by atoms with E-state index in [9.17, 15) is 15.3 Å². The maximum absolute atomic E-state index is 10.3. The monoisotopic (exact) mass is 342 g/mol. The number of hydrogen-bond acceptors (Lipinski definition) is 7. The predicted molar refractivity (Wildman–Crippen MR) is 90.4 cm³/mol. The molecular formula is C17H18N4O4. The van der Waals surface area contributed by atoms with E-state index in [1.165, 1.54) is 0 Å². The van der Waals surface area contributed by atoms with Crippen molar-refractivity contribution >= 4 is 16.7 Å². The highest BCUT2D eigenvalue weighted by atomic mass is 16.6. The van der Waals surface area contributed by atoms with Crippen LogP contribution in [0.15, 0.2) is 42.9 Å². The highest BCUT2D eigenvalue weighted by molar-refractivity contribution is 6.01. The molecule has 0 spiro atoms. The van der Waals surface area contributed by atoms with Gasteiger partial charge < -0.3 is 30.4 Å². The highest BCUT2D eigenvalue weighted by Gasteiger charge is 2.44. The first-order chi connectivity index (χ1) is 12.1. The van der Waals surface area contributed by atoms with Crippen molar-refractivity contribution in [1.29, 1.82) is 0 Å². The van der Waals surface area contributed by atoms with Crippen molar-refractivity contribution in [3.05, 3.63) is 42.9 Å². The van der Waals surface area contributed by atoms with Gasteiger partial charge in [-0.3, -0.25) is 4.98 Å². The van der Waals surface area contributed by atoms with Gasteiger partial charge in [0.15, 0.2) is 6.23 Å². The minimum Gasteiger partial charge on any atom is -0.398 e. The van der Waals surface area contributed by atoms with E-state index >= 15 is 0 Å². The van der Waals surface area contributed by atoms with E-state index in [-0.39, 0.29) is 0 Å². The molecule has 4 atom stereocenters. The number of hydrogen-bond donors (Lipinski definition) is 4. The second-order valence-corrected chi connectivity index (χ2v) is 5.99. The molecule has 1 aliphatic heterocycles. The van der Waals surface area contributed by atoms with Gasteiger partial charge in [0.05, 0.1) is 17.7 Å². The van der Waals surface area contributed by atoms with Crippen LogP contribution < -0.4 is 5.73 Å². The van der Waals surface area contributed by atoms with Crippen molar-refractivity contribution in [2.24, 2.45) is 0 Å². The van der Waals surface area contributed by atoms with Gasteiger partial charge in [0.1, 0.15) is 24.0 Å². The van der Waals surface area contributed by atoms with Gasteiger partial charge >= 0.3 is 0 Å². The quantitative estimate of drug-likeness (QED) is 0.539. The Balaban J connectivity index is 1.90. The molecule has 3 aromatic rings. The Labute approximate surface area is 143 Å². The summed E-state index contributed by atoms with van der Waals surface area (Å²) in [5.41, 5.74) is 8.64. The van der Waals surface area contributed by atoms with Gasteiger partial charge in [-0.2, -0.15) is 0 Å². The van der Waals surface area contributed by atoms with Gasteiger partial charge in [-0.15, -0.1) is 0 Å².